The second kappa shape index (κ2) is 2.23. The molecule has 1 heteroatoms. The average Bonchev–Trinajstić information content (AvgIpc) is 2.35. The lowest BCUT2D eigenvalue weighted by Crippen LogP contribution is -2.34. The van der Waals surface area contributed by atoms with Crippen molar-refractivity contribution in [1.29, 1.82) is 0 Å². The van der Waals surface area contributed by atoms with Crippen LogP contribution in [0.15, 0.2) is 23.8 Å². The van der Waals surface area contributed by atoms with E-state index in [0.717, 1.165) is 6.42 Å². The van der Waals surface area contributed by atoms with E-state index in [0.29, 0.717) is 6.10 Å². The van der Waals surface area contributed by atoms with E-state index in [4.69, 9.17) is 4.74 Å². The van der Waals surface area contributed by atoms with Gasteiger partial charge in [-0.2, -0.15) is 0 Å². The molecule has 0 aromatic carbocycles. The van der Waals surface area contributed by atoms with Gasteiger partial charge in [-0.25, -0.2) is 0 Å². The predicted octanol–water partition coefficient (Wildman–Crippen LogP) is 2.58. The van der Waals surface area contributed by atoms with E-state index in [2.05, 4.69) is 18.2 Å². The summed E-state index contributed by atoms with van der Waals surface area (Å²) in [5.74, 6) is 0. The maximum Gasteiger partial charge on any atom is 0.108 e. The molecular weight excluding hydrogens is 148 g/mol. The second-order valence-corrected chi connectivity index (χ2v) is 4.08. The molecule has 0 saturated heterocycles. The quantitative estimate of drug-likeness (QED) is 0.497. The number of ether oxygens (including phenoxy) is 1. The highest BCUT2D eigenvalue weighted by Gasteiger charge is 2.43. The molecule has 0 radical (unpaired) electrons. The Kier molecular flexibility index (Phi) is 1.28. The molecule has 1 nitrogen and oxygen atoms in total. The van der Waals surface area contributed by atoms with Crippen molar-refractivity contribution in [2.24, 2.45) is 0 Å². The molecule has 1 saturated carbocycles. The Balaban J connectivity index is 2.05. The zero-order valence-electron chi connectivity index (χ0n) is 7.25. The first-order valence-corrected chi connectivity index (χ1v) is 4.96. The van der Waals surface area contributed by atoms with E-state index < -0.39 is 0 Å². The Hall–Kier alpha value is -0.560. The second-order valence-electron chi connectivity index (χ2n) is 4.08. The third-order valence-electron chi connectivity index (χ3n) is 3.29. The molecule has 2 unspecified atom stereocenters. The van der Waals surface area contributed by atoms with Crippen molar-refractivity contribution < 1.29 is 4.74 Å². The number of hydrogen-bond acceptors (Lipinski definition) is 1. The first kappa shape index (κ1) is 6.90. The van der Waals surface area contributed by atoms with Gasteiger partial charge in [0.1, 0.15) is 5.60 Å². The van der Waals surface area contributed by atoms with Crippen molar-refractivity contribution in [3.63, 3.8) is 0 Å². The summed E-state index contributed by atoms with van der Waals surface area (Å²) in [6.07, 6.45) is 13.6. The van der Waals surface area contributed by atoms with Crippen molar-refractivity contribution in [3.05, 3.63) is 23.8 Å². The summed E-state index contributed by atoms with van der Waals surface area (Å²) in [6, 6.07) is 0. The highest BCUT2D eigenvalue weighted by Crippen LogP contribution is 2.45. The molecule has 0 amide bonds. The summed E-state index contributed by atoms with van der Waals surface area (Å²) in [5, 5.41) is 0. The van der Waals surface area contributed by atoms with Crippen LogP contribution in [0.5, 0.6) is 0 Å². The van der Waals surface area contributed by atoms with Crippen molar-refractivity contribution in [2.45, 2.75) is 43.8 Å². The molecule has 0 N–H and O–H groups in total. The van der Waals surface area contributed by atoms with Gasteiger partial charge in [-0.05, 0) is 37.7 Å². The topological polar surface area (TPSA) is 9.23 Å². The fourth-order valence-corrected chi connectivity index (χ4v) is 2.70. The maximum absolute atomic E-state index is 6.01. The first-order chi connectivity index (χ1) is 5.89. The third-order valence-corrected chi connectivity index (χ3v) is 3.29. The van der Waals surface area contributed by atoms with E-state index in [1.54, 1.807) is 5.57 Å². The van der Waals surface area contributed by atoms with E-state index >= 15 is 0 Å². The highest BCUT2D eigenvalue weighted by atomic mass is 16.5. The Morgan fingerprint density at radius 3 is 3.42 bits per heavy atom. The molecule has 0 aromatic rings. The molecule has 1 fully saturated rings. The Morgan fingerprint density at radius 2 is 2.42 bits per heavy atom. The van der Waals surface area contributed by atoms with Crippen LogP contribution < -0.4 is 0 Å². The third kappa shape index (κ3) is 0.776. The molecule has 3 aliphatic rings. The summed E-state index contributed by atoms with van der Waals surface area (Å²) in [7, 11) is 0. The zero-order valence-corrected chi connectivity index (χ0v) is 7.25. The standard InChI is InChI=1S/C11H14O/c1-2-6-11-7-3-5-10(12-11)8-9(11)4-1/h3,7-8,10H,1-2,4-6H2. The lowest BCUT2D eigenvalue weighted by Gasteiger charge is -2.35. The fraction of sp³-hybridized carbons (Fsp3) is 0.636. The highest BCUT2D eigenvalue weighted by molar-refractivity contribution is 5.35. The number of hydrogen-bond donors (Lipinski definition) is 0. The molecule has 2 aliphatic heterocycles. The monoisotopic (exact) mass is 162 g/mol. The first-order valence-electron chi connectivity index (χ1n) is 4.96. The minimum Gasteiger partial charge on any atom is -0.359 e. The molecule has 2 heterocycles. The van der Waals surface area contributed by atoms with Crippen molar-refractivity contribution in [3.8, 4) is 0 Å². The largest absolute Gasteiger partial charge is 0.359 e. The van der Waals surface area contributed by atoms with Crippen LogP contribution in [0, 0.1) is 0 Å². The maximum atomic E-state index is 6.01. The van der Waals surface area contributed by atoms with Gasteiger partial charge >= 0.3 is 0 Å². The lowest BCUT2D eigenvalue weighted by molar-refractivity contribution is -0.0167. The molecule has 1 spiro atoms. The average molecular weight is 162 g/mol. The minimum absolute atomic E-state index is 0.0706. The smallest absolute Gasteiger partial charge is 0.108 e. The SMILES string of the molecule is C1=CC23CCCCC2=CC(C1)O3. The number of rotatable bonds is 0. The molecular formula is C11H14O. The zero-order chi connectivity index (χ0) is 8.02. The van der Waals surface area contributed by atoms with Crippen LogP contribution in [0.2, 0.25) is 0 Å². The van der Waals surface area contributed by atoms with E-state index in [1.165, 1.54) is 25.7 Å². The van der Waals surface area contributed by atoms with Gasteiger partial charge in [0.05, 0.1) is 6.10 Å². The van der Waals surface area contributed by atoms with Gasteiger partial charge in [-0.1, -0.05) is 18.2 Å². The normalized spacial score (nSPS) is 44.0. The summed E-state index contributed by atoms with van der Waals surface area (Å²) in [4.78, 5) is 0. The van der Waals surface area contributed by atoms with Crippen LogP contribution in [0.25, 0.3) is 0 Å². The summed E-state index contributed by atoms with van der Waals surface area (Å²) >= 11 is 0. The molecule has 2 atom stereocenters. The fourth-order valence-electron chi connectivity index (χ4n) is 2.70. The summed E-state index contributed by atoms with van der Waals surface area (Å²) < 4.78 is 6.01. The summed E-state index contributed by atoms with van der Waals surface area (Å²) in [6.45, 7) is 0. The van der Waals surface area contributed by atoms with Gasteiger partial charge in [-0.3, -0.25) is 0 Å². The Morgan fingerprint density at radius 1 is 1.42 bits per heavy atom. The molecule has 2 bridgehead atoms. The van der Waals surface area contributed by atoms with Gasteiger partial charge in [0.25, 0.3) is 0 Å². The van der Waals surface area contributed by atoms with Crippen molar-refractivity contribution in [1.82, 2.24) is 0 Å². The molecule has 12 heavy (non-hydrogen) atoms. The van der Waals surface area contributed by atoms with Crippen LogP contribution in [0.4, 0.5) is 0 Å². The number of fused-ring (bicyclic) bond motifs is 1. The van der Waals surface area contributed by atoms with Crippen LogP contribution in [-0.4, -0.2) is 11.7 Å². The van der Waals surface area contributed by atoms with E-state index in [1.807, 2.05) is 0 Å². The molecule has 0 aromatic heterocycles. The lowest BCUT2D eigenvalue weighted by atomic mass is 9.81. The van der Waals surface area contributed by atoms with E-state index in [-0.39, 0.29) is 5.60 Å². The Bertz CT molecular complexity index is 264. The van der Waals surface area contributed by atoms with Gasteiger partial charge in [0.2, 0.25) is 0 Å². The van der Waals surface area contributed by atoms with Crippen LogP contribution in [0.3, 0.4) is 0 Å². The summed E-state index contributed by atoms with van der Waals surface area (Å²) in [5.41, 5.74) is 1.63. The molecule has 64 valence electrons. The van der Waals surface area contributed by atoms with Crippen molar-refractivity contribution >= 4 is 0 Å². The van der Waals surface area contributed by atoms with Crippen LogP contribution >= 0.6 is 0 Å². The molecule has 3 rings (SSSR count). The van der Waals surface area contributed by atoms with E-state index in [9.17, 15) is 0 Å². The van der Waals surface area contributed by atoms with Gasteiger partial charge in [-0.15, -0.1) is 0 Å². The molecule has 1 aliphatic carbocycles. The van der Waals surface area contributed by atoms with Crippen molar-refractivity contribution in [2.75, 3.05) is 0 Å². The minimum atomic E-state index is 0.0706. The van der Waals surface area contributed by atoms with Crippen LogP contribution in [0.1, 0.15) is 32.1 Å². The van der Waals surface area contributed by atoms with Gasteiger partial charge in [0, 0.05) is 0 Å². The predicted molar refractivity (Wildman–Crippen MR) is 47.9 cm³/mol. The Labute approximate surface area is 73.1 Å². The van der Waals surface area contributed by atoms with Gasteiger partial charge in [0.15, 0.2) is 0 Å². The van der Waals surface area contributed by atoms with Crippen LogP contribution in [-0.2, 0) is 4.74 Å². The van der Waals surface area contributed by atoms with Gasteiger partial charge < -0.3 is 4.74 Å².